The van der Waals surface area contributed by atoms with Gasteiger partial charge in [0, 0.05) is 24.3 Å². The van der Waals surface area contributed by atoms with Crippen molar-refractivity contribution in [1.82, 2.24) is 0 Å². The number of fused-ring (bicyclic) bond motifs is 2. The van der Waals surface area contributed by atoms with Gasteiger partial charge in [-0.2, -0.15) is 8.42 Å². The Labute approximate surface area is 240 Å². The fourth-order valence-electron chi connectivity index (χ4n) is 4.69. The van der Waals surface area contributed by atoms with Crippen molar-refractivity contribution in [2.45, 2.75) is 43.9 Å². The zero-order valence-electron chi connectivity index (χ0n) is 21.4. The van der Waals surface area contributed by atoms with Crippen LogP contribution >= 0.6 is 0 Å². The van der Waals surface area contributed by atoms with Gasteiger partial charge in [-0.15, -0.1) is 0 Å². The van der Waals surface area contributed by atoms with Gasteiger partial charge in [0.05, 0.1) is 10.6 Å². The third kappa shape index (κ3) is 5.85. The van der Waals surface area contributed by atoms with Crippen LogP contribution in [0, 0.1) is 6.92 Å². The molecule has 8 nitrogen and oxygen atoms in total. The van der Waals surface area contributed by atoms with E-state index in [2.05, 4.69) is 10.3 Å². The van der Waals surface area contributed by atoms with Gasteiger partial charge in [-0.1, -0.05) is 6.07 Å². The summed E-state index contributed by atoms with van der Waals surface area (Å²) in [6.45, 7) is 9.13. The minimum atomic E-state index is -4.95. The second-order valence-corrected chi connectivity index (χ2v) is 11.5. The first kappa shape index (κ1) is 29.5. The van der Waals surface area contributed by atoms with Gasteiger partial charge < -0.3 is 9.87 Å². The molecule has 0 aromatic heterocycles. The van der Waals surface area contributed by atoms with E-state index in [-0.39, 0.29) is 35.1 Å². The topological polar surface area (TPSA) is 136 Å². The predicted molar refractivity (Wildman–Crippen MR) is 139 cm³/mol. The number of rotatable bonds is 6. The summed E-state index contributed by atoms with van der Waals surface area (Å²) in [4.78, 5) is 3.19. The molecule has 2 N–H and O–H groups in total. The number of allylic oxidation sites excluding steroid dienone is 5. The number of anilines is 1. The molecule has 11 heteroatoms. The zero-order chi connectivity index (χ0) is 26.4. The number of hydrogen-bond acceptors (Lipinski definition) is 7. The maximum atomic E-state index is 12.4. The minimum absolute atomic E-state index is 0. The summed E-state index contributed by atoms with van der Waals surface area (Å²) in [5.41, 5.74) is 7.65. The van der Waals surface area contributed by atoms with E-state index in [4.69, 9.17) is 0 Å². The molecule has 0 saturated heterocycles. The second kappa shape index (κ2) is 11.0. The summed E-state index contributed by atoms with van der Waals surface area (Å²) in [6.07, 6.45) is 4.49. The van der Waals surface area contributed by atoms with Crippen LogP contribution < -0.4 is 34.9 Å². The molecule has 0 heterocycles. The van der Waals surface area contributed by atoms with Crippen LogP contribution in [-0.4, -0.2) is 44.7 Å². The van der Waals surface area contributed by atoms with E-state index in [1.165, 1.54) is 6.07 Å². The summed E-state index contributed by atoms with van der Waals surface area (Å²) >= 11 is 0. The quantitative estimate of drug-likeness (QED) is 0.409. The van der Waals surface area contributed by atoms with Gasteiger partial charge in [0.15, 0.2) is 0 Å². The number of aliphatic imine (C=N–C) groups is 1. The standard InChI is InChI=1S/C26H28N2O6S2.Na/c1-5-27-23-12-17-11-18-13-24(28-6-2)16(4)10-22(18)26(21(17)9-15(23)3)20-8-7-19(35(29,30)31)14-25(20)36(32,33)34;/h7-10,12-14,27H,5-6,11H2,1-4H3,(H,29,30,31)(H,32,33,34);/q;+1/p-1. The van der Waals surface area contributed by atoms with Crippen LogP contribution in [-0.2, 0) is 26.7 Å². The number of nitrogens with one attached hydrogen (secondary N) is 1. The van der Waals surface area contributed by atoms with E-state index in [1.807, 2.05) is 52.0 Å². The van der Waals surface area contributed by atoms with E-state index in [1.54, 1.807) is 0 Å². The Hall–Kier alpha value is -2.05. The van der Waals surface area contributed by atoms with Crippen molar-refractivity contribution >= 4 is 37.2 Å². The third-order valence-corrected chi connectivity index (χ3v) is 8.00. The average Bonchev–Trinajstić information content (AvgIpc) is 2.78. The molecule has 0 unspecified atom stereocenters. The predicted octanol–water partition coefficient (Wildman–Crippen LogP) is 1.29. The first-order chi connectivity index (χ1) is 16.8. The number of nitrogens with zero attached hydrogens (tertiary/aromatic N) is 1. The molecular formula is C26H27N2NaO6S2. The van der Waals surface area contributed by atoms with Crippen LogP contribution in [0.25, 0.3) is 5.57 Å². The SMILES string of the molecule is CCN=C1C=C2Cc3cc(NCC)c(C)cc3C(c3ccc(S(=O)(=O)[O-])cc3S(=O)(=O)O)=C2C=C1C.[Na+]. The number of hydrogen-bond donors (Lipinski definition) is 2. The van der Waals surface area contributed by atoms with Gasteiger partial charge >= 0.3 is 29.6 Å². The summed E-state index contributed by atoms with van der Waals surface area (Å²) in [5.74, 6) is 0. The fraction of sp³-hybridized carbons (Fsp3) is 0.269. The van der Waals surface area contributed by atoms with Crippen molar-refractivity contribution in [3.8, 4) is 0 Å². The van der Waals surface area contributed by atoms with E-state index < -0.39 is 30.0 Å². The molecule has 0 radical (unpaired) electrons. The first-order valence-electron chi connectivity index (χ1n) is 11.5. The van der Waals surface area contributed by atoms with Gasteiger partial charge in [-0.25, -0.2) is 8.42 Å². The Morgan fingerprint density at radius 3 is 2.32 bits per heavy atom. The maximum absolute atomic E-state index is 12.4. The fourth-order valence-corrected chi connectivity index (χ4v) is 5.99. The zero-order valence-corrected chi connectivity index (χ0v) is 25.0. The van der Waals surface area contributed by atoms with E-state index in [9.17, 15) is 25.9 Å². The number of aryl methyl sites for hydroxylation is 1. The molecule has 0 amide bonds. The Morgan fingerprint density at radius 1 is 1.03 bits per heavy atom. The molecule has 2 aromatic carbocycles. The van der Waals surface area contributed by atoms with Crippen molar-refractivity contribution in [3.05, 3.63) is 81.5 Å². The van der Waals surface area contributed by atoms with Crippen LogP contribution in [0.2, 0.25) is 0 Å². The molecule has 190 valence electrons. The van der Waals surface area contributed by atoms with Crippen LogP contribution in [0.1, 0.15) is 43.0 Å². The molecular weight excluding hydrogens is 523 g/mol. The first-order valence-corrected chi connectivity index (χ1v) is 14.3. The summed E-state index contributed by atoms with van der Waals surface area (Å²) in [7, 11) is -9.83. The molecule has 0 saturated carbocycles. The van der Waals surface area contributed by atoms with Crippen molar-refractivity contribution in [1.29, 1.82) is 0 Å². The minimum Gasteiger partial charge on any atom is -0.744 e. The van der Waals surface area contributed by atoms with Crippen LogP contribution in [0.3, 0.4) is 0 Å². The largest absolute Gasteiger partial charge is 1.00 e. The van der Waals surface area contributed by atoms with Crippen molar-refractivity contribution < 1.29 is 55.5 Å². The summed E-state index contributed by atoms with van der Waals surface area (Å²) in [5, 5.41) is 3.34. The Kier molecular flexibility index (Phi) is 8.75. The van der Waals surface area contributed by atoms with Gasteiger partial charge in [0.2, 0.25) is 0 Å². The van der Waals surface area contributed by atoms with Crippen LogP contribution in [0.5, 0.6) is 0 Å². The molecule has 37 heavy (non-hydrogen) atoms. The van der Waals surface area contributed by atoms with Gasteiger partial charge in [-0.3, -0.25) is 9.55 Å². The summed E-state index contributed by atoms with van der Waals surface area (Å²) in [6, 6.07) is 7.05. The number of benzene rings is 2. The monoisotopic (exact) mass is 550 g/mol. The third-order valence-electron chi connectivity index (χ3n) is 6.28. The van der Waals surface area contributed by atoms with Crippen molar-refractivity contribution in [2.24, 2.45) is 4.99 Å². The van der Waals surface area contributed by atoms with Crippen molar-refractivity contribution in [3.63, 3.8) is 0 Å². The molecule has 0 spiro atoms. The Bertz CT molecular complexity index is 1620. The van der Waals surface area contributed by atoms with Gasteiger partial charge in [-0.05, 0) is 110 Å². The average molecular weight is 551 g/mol. The van der Waals surface area contributed by atoms with E-state index >= 15 is 0 Å². The van der Waals surface area contributed by atoms with Crippen LogP contribution in [0.4, 0.5) is 5.69 Å². The molecule has 0 bridgehead atoms. The van der Waals surface area contributed by atoms with Gasteiger partial charge in [0.25, 0.3) is 10.1 Å². The summed E-state index contributed by atoms with van der Waals surface area (Å²) < 4.78 is 69.8. The Morgan fingerprint density at radius 2 is 1.73 bits per heavy atom. The van der Waals surface area contributed by atoms with Crippen LogP contribution in [0.15, 0.2) is 74.0 Å². The molecule has 2 aromatic rings. The van der Waals surface area contributed by atoms with Crippen molar-refractivity contribution in [2.75, 3.05) is 18.4 Å². The molecule has 2 aliphatic carbocycles. The second-order valence-electron chi connectivity index (χ2n) is 8.76. The smallest absolute Gasteiger partial charge is 0.744 e. The van der Waals surface area contributed by atoms with E-state index in [0.29, 0.717) is 18.5 Å². The normalized spacial score (nSPS) is 16.4. The molecule has 0 aliphatic heterocycles. The Balaban J connectivity index is 0.00000380. The van der Waals surface area contributed by atoms with Gasteiger partial charge in [0.1, 0.15) is 15.0 Å². The molecule has 2 aliphatic rings. The molecule has 4 rings (SSSR count). The van der Waals surface area contributed by atoms with E-state index in [0.717, 1.165) is 63.5 Å². The molecule has 0 atom stereocenters. The maximum Gasteiger partial charge on any atom is 1.00 e. The molecule has 0 fully saturated rings.